The summed E-state index contributed by atoms with van der Waals surface area (Å²) < 4.78 is 6.28. The van der Waals surface area contributed by atoms with Gasteiger partial charge in [-0.15, -0.1) is 0 Å². The van der Waals surface area contributed by atoms with Crippen LogP contribution in [-0.2, 0) is 4.43 Å². The molecule has 0 radical (unpaired) electrons. The molecule has 0 bridgehead atoms. The van der Waals surface area contributed by atoms with Crippen molar-refractivity contribution < 1.29 is 9.53 Å². The highest BCUT2D eigenvalue weighted by atomic mass is 28.4. The van der Waals surface area contributed by atoms with Crippen molar-refractivity contribution in [2.45, 2.75) is 123 Å². The largest absolute Gasteiger partial charge is 0.415 e. The molecular formula is C19H42O2Si. The first-order valence-corrected chi connectivity index (χ1v) is 12.7. The van der Waals surface area contributed by atoms with Crippen molar-refractivity contribution in [3.05, 3.63) is 0 Å². The Morgan fingerprint density at radius 1 is 0.818 bits per heavy atom. The molecule has 0 aliphatic rings. The lowest BCUT2D eigenvalue weighted by molar-refractivity contribution is 0.126. The lowest BCUT2D eigenvalue weighted by atomic mass is 10.0. The van der Waals surface area contributed by atoms with E-state index in [4.69, 9.17) is 4.43 Å². The van der Waals surface area contributed by atoms with Crippen LogP contribution in [0.5, 0.6) is 0 Å². The van der Waals surface area contributed by atoms with Gasteiger partial charge in [-0.2, -0.15) is 0 Å². The minimum Gasteiger partial charge on any atom is -0.415 e. The average molecular weight is 331 g/mol. The van der Waals surface area contributed by atoms with Gasteiger partial charge in [0, 0.05) is 11.6 Å². The molecule has 0 amide bonds. The van der Waals surface area contributed by atoms with E-state index in [0.717, 1.165) is 19.3 Å². The molecule has 0 unspecified atom stereocenters. The molecule has 134 valence electrons. The second-order valence-electron chi connectivity index (χ2n) is 7.64. The summed E-state index contributed by atoms with van der Waals surface area (Å²) in [5.41, 5.74) is 0.383. The van der Waals surface area contributed by atoms with Crippen LogP contribution in [0.15, 0.2) is 0 Å². The Kier molecular flexibility index (Phi) is 12.6. The first kappa shape index (κ1) is 22.1. The maximum absolute atomic E-state index is 10.8. The van der Waals surface area contributed by atoms with Gasteiger partial charge in [0.15, 0.2) is 8.32 Å². The van der Waals surface area contributed by atoms with E-state index in [0.29, 0.717) is 5.54 Å². The Morgan fingerprint density at radius 3 is 1.77 bits per heavy atom. The van der Waals surface area contributed by atoms with Crippen LogP contribution >= 0.6 is 0 Å². The lowest BCUT2D eigenvalue weighted by Crippen LogP contribution is -2.44. The van der Waals surface area contributed by atoms with Crippen molar-refractivity contribution in [3.63, 3.8) is 0 Å². The van der Waals surface area contributed by atoms with Gasteiger partial charge in [0.1, 0.15) is 0 Å². The SMILES string of the molecule is CCCCCC[C@H]([C@@H](O)CCCCCC)[Si](C)(C)OC(C)C. The Balaban J connectivity index is 4.54. The summed E-state index contributed by atoms with van der Waals surface area (Å²) in [5.74, 6) is 0. The van der Waals surface area contributed by atoms with Crippen LogP contribution in [-0.4, -0.2) is 25.6 Å². The predicted octanol–water partition coefficient (Wildman–Crippen LogP) is 6.29. The molecule has 0 aliphatic carbocycles. The molecular weight excluding hydrogens is 288 g/mol. The van der Waals surface area contributed by atoms with Gasteiger partial charge in [-0.3, -0.25) is 0 Å². The maximum Gasteiger partial charge on any atom is 0.192 e. The van der Waals surface area contributed by atoms with Crippen molar-refractivity contribution >= 4 is 8.32 Å². The fraction of sp³-hybridized carbons (Fsp3) is 1.00. The quantitative estimate of drug-likeness (QED) is 0.299. The summed E-state index contributed by atoms with van der Waals surface area (Å²) in [6.45, 7) is 13.3. The van der Waals surface area contributed by atoms with Gasteiger partial charge in [0.05, 0.1) is 6.10 Å². The maximum atomic E-state index is 10.8. The van der Waals surface area contributed by atoms with E-state index in [9.17, 15) is 5.11 Å². The van der Waals surface area contributed by atoms with Crippen LogP contribution in [0.4, 0.5) is 0 Å². The highest BCUT2D eigenvalue weighted by Gasteiger charge is 2.38. The van der Waals surface area contributed by atoms with Crippen molar-refractivity contribution in [2.75, 3.05) is 0 Å². The molecule has 0 saturated carbocycles. The minimum atomic E-state index is -1.84. The third kappa shape index (κ3) is 10.0. The molecule has 2 atom stereocenters. The fourth-order valence-electron chi connectivity index (χ4n) is 3.47. The van der Waals surface area contributed by atoms with Crippen molar-refractivity contribution in [1.82, 2.24) is 0 Å². The van der Waals surface area contributed by atoms with Crippen LogP contribution in [0.25, 0.3) is 0 Å². The van der Waals surface area contributed by atoms with E-state index in [-0.39, 0.29) is 12.2 Å². The number of rotatable bonds is 14. The lowest BCUT2D eigenvalue weighted by Gasteiger charge is -2.37. The zero-order valence-corrected chi connectivity index (χ0v) is 17.2. The standard InChI is InChI=1S/C19H42O2Si/c1-7-9-11-13-15-18(20)19(16-14-12-10-8-2)22(5,6)21-17(3)4/h17-20H,7-16H2,1-6H3/t18-,19+/m0/s1. The highest BCUT2D eigenvalue weighted by molar-refractivity contribution is 6.72. The van der Waals surface area contributed by atoms with Crippen molar-refractivity contribution in [3.8, 4) is 0 Å². The molecule has 0 rings (SSSR count). The van der Waals surface area contributed by atoms with E-state index in [1.54, 1.807) is 0 Å². The van der Waals surface area contributed by atoms with Crippen molar-refractivity contribution in [2.24, 2.45) is 0 Å². The van der Waals surface area contributed by atoms with E-state index < -0.39 is 8.32 Å². The van der Waals surface area contributed by atoms with Gasteiger partial charge in [-0.05, 0) is 39.8 Å². The van der Waals surface area contributed by atoms with Gasteiger partial charge < -0.3 is 9.53 Å². The Morgan fingerprint density at radius 2 is 1.32 bits per heavy atom. The van der Waals surface area contributed by atoms with Crippen LogP contribution in [0.1, 0.15) is 91.9 Å². The van der Waals surface area contributed by atoms with Gasteiger partial charge in [0.25, 0.3) is 0 Å². The predicted molar refractivity (Wildman–Crippen MR) is 101 cm³/mol. The second-order valence-corrected chi connectivity index (χ2v) is 11.8. The van der Waals surface area contributed by atoms with Crippen LogP contribution in [0.3, 0.4) is 0 Å². The molecule has 0 saturated heterocycles. The monoisotopic (exact) mass is 330 g/mol. The molecule has 0 aliphatic heterocycles. The third-order valence-electron chi connectivity index (χ3n) is 4.62. The van der Waals surface area contributed by atoms with E-state index in [2.05, 4.69) is 40.8 Å². The summed E-state index contributed by atoms with van der Waals surface area (Å²) in [6, 6.07) is 0. The van der Waals surface area contributed by atoms with E-state index in [1.165, 1.54) is 44.9 Å². The molecule has 2 nitrogen and oxygen atoms in total. The normalized spacial score (nSPS) is 15.3. The summed E-state index contributed by atoms with van der Waals surface area (Å²) in [7, 11) is -1.84. The fourth-order valence-corrected chi connectivity index (χ4v) is 6.85. The smallest absolute Gasteiger partial charge is 0.192 e. The molecule has 0 aromatic heterocycles. The molecule has 22 heavy (non-hydrogen) atoms. The van der Waals surface area contributed by atoms with Gasteiger partial charge in [0.2, 0.25) is 0 Å². The Hall–Kier alpha value is 0.137. The molecule has 0 fully saturated rings. The van der Waals surface area contributed by atoms with Crippen molar-refractivity contribution in [1.29, 1.82) is 0 Å². The molecule has 0 aromatic carbocycles. The van der Waals surface area contributed by atoms with E-state index in [1.807, 2.05) is 0 Å². The highest BCUT2D eigenvalue weighted by Crippen LogP contribution is 2.35. The summed E-state index contributed by atoms with van der Waals surface area (Å²) in [4.78, 5) is 0. The van der Waals surface area contributed by atoms with Gasteiger partial charge in [-0.25, -0.2) is 0 Å². The Bertz CT molecular complexity index is 254. The third-order valence-corrected chi connectivity index (χ3v) is 8.16. The first-order valence-electron chi connectivity index (χ1n) is 9.71. The number of unbranched alkanes of at least 4 members (excludes halogenated alkanes) is 6. The number of aliphatic hydroxyl groups is 1. The van der Waals surface area contributed by atoms with Crippen LogP contribution in [0.2, 0.25) is 18.6 Å². The zero-order valence-electron chi connectivity index (χ0n) is 16.2. The molecule has 1 N–H and O–H groups in total. The first-order chi connectivity index (χ1) is 10.3. The molecule has 3 heteroatoms. The average Bonchev–Trinajstić information content (AvgIpc) is 2.41. The molecule has 0 aromatic rings. The Labute approximate surface area is 141 Å². The zero-order chi connectivity index (χ0) is 17.0. The second kappa shape index (κ2) is 12.5. The minimum absolute atomic E-state index is 0.168. The molecule has 0 spiro atoms. The number of hydrogen-bond donors (Lipinski definition) is 1. The van der Waals surface area contributed by atoms with Gasteiger partial charge in [-0.1, -0.05) is 65.2 Å². The van der Waals surface area contributed by atoms with Crippen LogP contribution < -0.4 is 0 Å². The van der Waals surface area contributed by atoms with Gasteiger partial charge >= 0.3 is 0 Å². The van der Waals surface area contributed by atoms with E-state index >= 15 is 0 Å². The summed E-state index contributed by atoms with van der Waals surface area (Å²) in [6.07, 6.45) is 12.3. The topological polar surface area (TPSA) is 29.5 Å². The summed E-state index contributed by atoms with van der Waals surface area (Å²) >= 11 is 0. The number of aliphatic hydroxyl groups excluding tert-OH is 1. The van der Waals surface area contributed by atoms with Crippen LogP contribution in [0, 0.1) is 0 Å². The summed E-state index contributed by atoms with van der Waals surface area (Å²) in [5, 5.41) is 10.8. The number of hydrogen-bond acceptors (Lipinski definition) is 2. The molecule has 0 heterocycles.